The van der Waals surface area contributed by atoms with Crippen LogP contribution >= 0.6 is 11.8 Å². The fraction of sp³-hybridized carbons (Fsp3) is 0.400. The molecule has 7 nitrogen and oxygen atoms in total. The van der Waals surface area contributed by atoms with E-state index in [-0.39, 0.29) is 23.7 Å². The molecule has 0 radical (unpaired) electrons. The van der Waals surface area contributed by atoms with Gasteiger partial charge in [0.25, 0.3) is 0 Å². The number of hydrogen-bond donors (Lipinski definition) is 1. The van der Waals surface area contributed by atoms with Crippen molar-refractivity contribution in [2.75, 3.05) is 25.4 Å². The largest absolute Gasteiger partial charge is 0.466 e. The van der Waals surface area contributed by atoms with Crippen molar-refractivity contribution in [1.29, 1.82) is 0 Å². The van der Waals surface area contributed by atoms with Gasteiger partial charge in [-0.15, -0.1) is 11.8 Å². The fourth-order valence-corrected chi connectivity index (χ4v) is 4.59. The highest BCUT2D eigenvalue weighted by Gasteiger charge is 2.32. The van der Waals surface area contributed by atoms with Crippen LogP contribution < -0.4 is 10.1 Å². The molecule has 1 N–H and O–H groups in total. The highest BCUT2D eigenvalue weighted by atomic mass is 32.2. The molecule has 2 aromatic rings. The van der Waals surface area contributed by atoms with Crippen LogP contribution in [0.25, 0.3) is 0 Å². The number of hydrogen-bond acceptors (Lipinski definition) is 6. The molecule has 1 fully saturated rings. The van der Waals surface area contributed by atoms with Crippen LogP contribution in [0.15, 0.2) is 59.5 Å². The molecule has 1 aliphatic heterocycles. The van der Waals surface area contributed by atoms with Gasteiger partial charge in [0.2, 0.25) is 11.8 Å². The van der Waals surface area contributed by atoms with E-state index in [2.05, 4.69) is 5.32 Å². The lowest BCUT2D eigenvalue weighted by molar-refractivity contribution is -0.151. The van der Waals surface area contributed by atoms with Gasteiger partial charge in [-0.3, -0.25) is 14.4 Å². The van der Waals surface area contributed by atoms with E-state index in [0.29, 0.717) is 31.9 Å². The van der Waals surface area contributed by atoms with Gasteiger partial charge in [0, 0.05) is 30.7 Å². The van der Waals surface area contributed by atoms with Gasteiger partial charge in [-0.25, -0.2) is 0 Å². The predicted molar refractivity (Wildman–Crippen MR) is 127 cm³/mol. The van der Waals surface area contributed by atoms with Crippen LogP contribution in [-0.2, 0) is 19.1 Å². The Labute approximate surface area is 198 Å². The smallest absolute Gasteiger partial charge is 0.310 e. The van der Waals surface area contributed by atoms with E-state index in [9.17, 15) is 14.4 Å². The standard InChI is InChI=1S/C25H30N2O5S/c1-3-31-25(30)19-8-7-15-27(16-19)24(29)23(26-18(2)28)17-33-22-13-11-21(12-14-22)32-20-9-5-4-6-10-20/h4-6,9-14,19,23H,3,7-8,15-17H2,1-2H3,(H,26,28). The van der Waals surface area contributed by atoms with Crippen molar-refractivity contribution in [1.82, 2.24) is 10.2 Å². The van der Waals surface area contributed by atoms with Gasteiger partial charge in [0.1, 0.15) is 17.5 Å². The third kappa shape index (κ3) is 7.53. The molecule has 2 atom stereocenters. The van der Waals surface area contributed by atoms with Gasteiger partial charge in [-0.2, -0.15) is 0 Å². The number of nitrogens with one attached hydrogen (secondary N) is 1. The van der Waals surface area contributed by atoms with E-state index < -0.39 is 6.04 Å². The zero-order valence-corrected chi connectivity index (χ0v) is 19.8. The van der Waals surface area contributed by atoms with Crippen LogP contribution in [0, 0.1) is 5.92 Å². The SMILES string of the molecule is CCOC(=O)C1CCCN(C(=O)C(CSc2ccc(Oc3ccccc3)cc2)NC(C)=O)C1. The first-order valence-corrected chi connectivity index (χ1v) is 12.1. The lowest BCUT2D eigenvalue weighted by Gasteiger charge is -2.34. The molecule has 2 unspecified atom stereocenters. The number of rotatable bonds is 9. The Morgan fingerprint density at radius 1 is 1.09 bits per heavy atom. The summed E-state index contributed by atoms with van der Waals surface area (Å²) >= 11 is 1.48. The molecular formula is C25H30N2O5S. The molecule has 0 saturated carbocycles. The van der Waals surface area contributed by atoms with E-state index in [1.165, 1.54) is 18.7 Å². The van der Waals surface area contributed by atoms with Crippen molar-refractivity contribution in [2.45, 2.75) is 37.6 Å². The predicted octanol–water partition coefficient (Wildman–Crippen LogP) is 3.88. The number of thioether (sulfide) groups is 1. The molecule has 1 saturated heterocycles. The molecule has 0 aromatic heterocycles. The van der Waals surface area contributed by atoms with Crippen LogP contribution in [0.4, 0.5) is 0 Å². The Kier molecular flexibility index (Phi) is 9.18. The first-order chi connectivity index (χ1) is 16.0. The number of esters is 1. The zero-order valence-electron chi connectivity index (χ0n) is 19.0. The van der Waals surface area contributed by atoms with Crippen LogP contribution in [0.1, 0.15) is 26.7 Å². The Morgan fingerprint density at radius 3 is 2.45 bits per heavy atom. The Hall–Kier alpha value is -3.00. The van der Waals surface area contributed by atoms with Crippen LogP contribution in [-0.4, -0.2) is 54.2 Å². The number of para-hydroxylation sites is 1. The average Bonchev–Trinajstić information content (AvgIpc) is 2.83. The number of carbonyl (C=O) groups excluding carboxylic acids is 3. The first-order valence-electron chi connectivity index (χ1n) is 11.1. The summed E-state index contributed by atoms with van der Waals surface area (Å²) in [4.78, 5) is 39.7. The monoisotopic (exact) mass is 470 g/mol. The molecule has 176 valence electrons. The second-order valence-corrected chi connectivity index (χ2v) is 8.92. The number of carbonyl (C=O) groups is 3. The van der Waals surface area contributed by atoms with Crippen LogP contribution in [0.2, 0.25) is 0 Å². The lowest BCUT2D eigenvalue weighted by atomic mass is 9.97. The maximum absolute atomic E-state index is 13.2. The molecule has 0 bridgehead atoms. The summed E-state index contributed by atoms with van der Waals surface area (Å²) in [6.07, 6.45) is 1.44. The van der Waals surface area contributed by atoms with Gasteiger partial charge in [0.05, 0.1) is 12.5 Å². The maximum atomic E-state index is 13.2. The van der Waals surface area contributed by atoms with E-state index >= 15 is 0 Å². The van der Waals surface area contributed by atoms with Crippen molar-refractivity contribution in [3.8, 4) is 11.5 Å². The molecular weight excluding hydrogens is 440 g/mol. The van der Waals surface area contributed by atoms with E-state index in [1.54, 1.807) is 11.8 Å². The summed E-state index contributed by atoms with van der Waals surface area (Å²) in [7, 11) is 0. The van der Waals surface area contributed by atoms with E-state index in [0.717, 1.165) is 22.8 Å². The number of amides is 2. The minimum absolute atomic E-state index is 0.171. The normalized spacial score (nSPS) is 16.5. The lowest BCUT2D eigenvalue weighted by Crippen LogP contribution is -2.52. The van der Waals surface area contributed by atoms with Gasteiger partial charge in [-0.1, -0.05) is 18.2 Å². The zero-order chi connectivity index (χ0) is 23.6. The Balaban J connectivity index is 1.59. The van der Waals surface area contributed by atoms with E-state index in [1.807, 2.05) is 54.6 Å². The fourth-order valence-electron chi connectivity index (χ4n) is 3.68. The van der Waals surface area contributed by atoms with Crippen molar-refractivity contribution in [2.24, 2.45) is 5.92 Å². The molecule has 2 amide bonds. The van der Waals surface area contributed by atoms with Crippen molar-refractivity contribution in [3.63, 3.8) is 0 Å². The minimum Gasteiger partial charge on any atom is -0.466 e. The number of ether oxygens (including phenoxy) is 2. The van der Waals surface area contributed by atoms with Crippen molar-refractivity contribution < 1.29 is 23.9 Å². The summed E-state index contributed by atoms with van der Waals surface area (Å²) in [5.41, 5.74) is 0. The summed E-state index contributed by atoms with van der Waals surface area (Å²) in [5.74, 6) is 0.854. The number of piperidine rings is 1. The summed E-state index contributed by atoms with van der Waals surface area (Å²) in [6.45, 7) is 4.39. The molecule has 1 heterocycles. The van der Waals surface area contributed by atoms with Crippen molar-refractivity contribution in [3.05, 3.63) is 54.6 Å². The van der Waals surface area contributed by atoms with Crippen LogP contribution in [0.5, 0.6) is 11.5 Å². The third-order valence-corrected chi connectivity index (χ3v) is 6.35. The summed E-state index contributed by atoms with van der Waals surface area (Å²) < 4.78 is 10.9. The third-order valence-electron chi connectivity index (χ3n) is 5.25. The Bertz CT molecular complexity index is 936. The molecule has 8 heteroatoms. The molecule has 1 aliphatic rings. The molecule has 0 spiro atoms. The number of nitrogens with zero attached hydrogens (tertiary/aromatic N) is 1. The molecule has 3 rings (SSSR count). The topological polar surface area (TPSA) is 84.9 Å². The molecule has 33 heavy (non-hydrogen) atoms. The highest BCUT2D eigenvalue weighted by molar-refractivity contribution is 7.99. The van der Waals surface area contributed by atoms with Gasteiger partial charge < -0.3 is 19.7 Å². The summed E-state index contributed by atoms with van der Waals surface area (Å²) in [5, 5.41) is 2.77. The van der Waals surface area contributed by atoms with E-state index in [4.69, 9.17) is 9.47 Å². The van der Waals surface area contributed by atoms with Crippen molar-refractivity contribution >= 4 is 29.5 Å². The minimum atomic E-state index is -0.673. The van der Waals surface area contributed by atoms with Gasteiger partial charge in [0.15, 0.2) is 0 Å². The average molecular weight is 471 g/mol. The number of likely N-dealkylation sites (tertiary alicyclic amines) is 1. The first kappa shape index (κ1) is 24.6. The molecule has 2 aromatic carbocycles. The molecule has 0 aliphatic carbocycles. The summed E-state index contributed by atoms with van der Waals surface area (Å²) in [6, 6.07) is 16.5. The second-order valence-electron chi connectivity index (χ2n) is 7.83. The van der Waals surface area contributed by atoms with Gasteiger partial charge >= 0.3 is 5.97 Å². The maximum Gasteiger partial charge on any atom is 0.310 e. The Morgan fingerprint density at radius 2 is 1.79 bits per heavy atom. The van der Waals surface area contributed by atoms with Crippen LogP contribution in [0.3, 0.4) is 0 Å². The number of benzene rings is 2. The second kappa shape index (κ2) is 12.3. The highest BCUT2D eigenvalue weighted by Crippen LogP contribution is 2.26. The quantitative estimate of drug-likeness (QED) is 0.442. The van der Waals surface area contributed by atoms with Gasteiger partial charge in [-0.05, 0) is 56.2 Å².